The molecule has 108 valence electrons. The minimum atomic E-state index is 0.318. The average molecular weight is 290 g/mol. The number of thiophene rings is 1. The van der Waals surface area contributed by atoms with Gasteiger partial charge >= 0.3 is 0 Å². The summed E-state index contributed by atoms with van der Waals surface area (Å²) < 4.78 is 0. The molecule has 0 saturated carbocycles. The zero-order valence-corrected chi connectivity index (χ0v) is 13.1. The maximum Gasteiger partial charge on any atom is 0.134 e. The van der Waals surface area contributed by atoms with Gasteiger partial charge in [0.05, 0.1) is 0 Å². The first kappa shape index (κ1) is 14.8. The van der Waals surface area contributed by atoms with Crippen LogP contribution in [0.3, 0.4) is 0 Å². The summed E-state index contributed by atoms with van der Waals surface area (Å²) in [5.41, 5.74) is 6.98. The van der Waals surface area contributed by atoms with E-state index in [1.54, 1.807) is 0 Å². The van der Waals surface area contributed by atoms with Gasteiger partial charge in [0.25, 0.3) is 0 Å². The zero-order valence-electron chi connectivity index (χ0n) is 12.3. The summed E-state index contributed by atoms with van der Waals surface area (Å²) in [7, 11) is 0. The Morgan fingerprint density at radius 2 is 2.15 bits per heavy atom. The van der Waals surface area contributed by atoms with Crippen LogP contribution in [0.4, 0.5) is 11.6 Å². The summed E-state index contributed by atoms with van der Waals surface area (Å²) in [5, 5.41) is 3.47. The molecule has 0 spiro atoms. The monoisotopic (exact) mass is 290 g/mol. The number of aromatic nitrogens is 2. The maximum absolute atomic E-state index is 5.95. The molecule has 2 aromatic rings. The molecule has 5 heteroatoms. The van der Waals surface area contributed by atoms with Crippen LogP contribution in [0.1, 0.15) is 35.6 Å². The molecule has 0 aliphatic rings. The van der Waals surface area contributed by atoms with Crippen LogP contribution in [-0.4, -0.2) is 16.0 Å². The van der Waals surface area contributed by atoms with Crippen molar-refractivity contribution in [1.29, 1.82) is 0 Å². The van der Waals surface area contributed by atoms with Crippen LogP contribution >= 0.6 is 11.3 Å². The average Bonchev–Trinajstić information content (AvgIpc) is 2.79. The maximum atomic E-state index is 5.95. The molecule has 2 heterocycles. The van der Waals surface area contributed by atoms with Crippen molar-refractivity contribution in [2.24, 2.45) is 0 Å². The molecular formula is C15H22N4S. The van der Waals surface area contributed by atoms with Crippen molar-refractivity contribution in [3.8, 4) is 0 Å². The zero-order chi connectivity index (χ0) is 14.5. The second kappa shape index (κ2) is 6.70. The second-order valence-electron chi connectivity index (χ2n) is 5.10. The van der Waals surface area contributed by atoms with E-state index < -0.39 is 0 Å². The molecular weight excluding hydrogens is 268 g/mol. The Balaban J connectivity index is 2.07. The third kappa shape index (κ3) is 3.70. The highest BCUT2D eigenvalue weighted by molar-refractivity contribution is 7.11. The third-order valence-corrected chi connectivity index (χ3v) is 4.19. The number of nitrogens with zero attached hydrogens (tertiary/aromatic N) is 2. The van der Waals surface area contributed by atoms with Gasteiger partial charge in [-0.15, -0.1) is 11.3 Å². The van der Waals surface area contributed by atoms with Crippen molar-refractivity contribution in [2.75, 3.05) is 11.1 Å². The molecule has 2 aromatic heterocycles. The molecule has 0 amide bonds. The molecule has 0 aliphatic carbocycles. The van der Waals surface area contributed by atoms with Gasteiger partial charge in [0.15, 0.2) is 0 Å². The van der Waals surface area contributed by atoms with E-state index in [-0.39, 0.29) is 0 Å². The van der Waals surface area contributed by atoms with Crippen molar-refractivity contribution >= 4 is 23.0 Å². The van der Waals surface area contributed by atoms with Gasteiger partial charge in [-0.2, -0.15) is 0 Å². The SMILES string of the molecule is CCCc1c(N)ncnc1NC(C)Cc1ccc(C)s1. The number of anilines is 2. The van der Waals surface area contributed by atoms with Crippen molar-refractivity contribution < 1.29 is 0 Å². The van der Waals surface area contributed by atoms with E-state index >= 15 is 0 Å². The predicted octanol–water partition coefficient (Wildman–Crippen LogP) is 3.42. The van der Waals surface area contributed by atoms with Crippen LogP contribution in [0.15, 0.2) is 18.5 Å². The van der Waals surface area contributed by atoms with Gasteiger partial charge < -0.3 is 11.1 Å². The van der Waals surface area contributed by atoms with E-state index in [2.05, 4.69) is 48.2 Å². The Morgan fingerprint density at radius 3 is 2.80 bits per heavy atom. The Hall–Kier alpha value is -1.62. The van der Waals surface area contributed by atoms with E-state index in [1.807, 2.05) is 11.3 Å². The fourth-order valence-electron chi connectivity index (χ4n) is 2.23. The summed E-state index contributed by atoms with van der Waals surface area (Å²) in [6.45, 7) is 6.44. The summed E-state index contributed by atoms with van der Waals surface area (Å²) in [4.78, 5) is 11.2. The van der Waals surface area contributed by atoms with Crippen LogP contribution in [0.5, 0.6) is 0 Å². The quantitative estimate of drug-likeness (QED) is 0.855. The lowest BCUT2D eigenvalue weighted by molar-refractivity contribution is 0.786. The summed E-state index contributed by atoms with van der Waals surface area (Å²) in [5.74, 6) is 1.46. The van der Waals surface area contributed by atoms with E-state index in [0.717, 1.165) is 30.6 Å². The number of hydrogen-bond donors (Lipinski definition) is 2. The lowest BCUT2D eigenvalue weighted by atomic mass is 10.1. The van der Waals surface area contributed by atoms with Crippen molar-refractivity contribution in [3.63, 3.8) is 0 Å². The predicted molar refractivity (Wildman–Crippen MR) is 86.3 cm³/mol. The standard InChI is InChI=1S/C15H22N4S/c1-4-5-13-14(16)17-9-18-15(13)19-10(2)8-12-7-6-11(3)20-12/h6-7,9-10H,4-5,8H2,1-3H3,(H3,16,17,18,19). The number of nitrogens with one attached hydrogen (secondary N) is 1. The van der Waals surface area contributed by atoms with Gasteiger partial charge in [0.1, 0.15) is 18.0 Å². The summed E-state index contributed by atoms with van der Waals surface area (Å²) in [6, 6.07) is 4.68. The number of hydrogen-bond acceptors (Lipinski definition) is 5. The highest BCUT2D eigenvalue weighted by atomic mass is 32.1. The third-order valence-electron chi connectivity index (χ3n) is 3.17. The fourth-order valence-corrected chi connectivity index (χ4v) is 3.25. The normalized spacial score (nSPS) is 12.3. The number of nitrogens with two attached hydrogens (primary N) is 1. The molecule has 0 aromatic carbocycles. The minimum absolute atomic E-state index is 0.318. The largest absolute Gasteiger partial charge is 0.383 e. The molecule has 3 N–H and O–H groups in total. The minimum Gasteiger partial charge on any atom is -0.383 e. The molecule has 2 rings (SSSR count). The first-order valence-corrected chi connectivity index (χ1v) is 7.83. The fraction of sp³-hybridized carbons (Fsp3) is 0.467. The van der Waals surface area contributed by atoms with Gasteiger partial charge in [0.2, 0.25) is 0 Å². The lowest BCUT2D eigenvalue weighted by Crippen LogP contribution is -2.20. The Bertz CT molecular complexity index is 565. The van der Waals surface area contributed by atoms with E-state index in [4.69, 9.17) is 5.73 Å². The number of rotatable bonds is 6. The van der Waals surface area contributed by atoms with E-state index in [1.165, 1.54) is 16.1 Å². The molecule has 20 heavy (non-hydrogen) atoms. The molecule has 1 atom stereocenters. The molecule has 1 unspecified atom stereocenters. The first-order valence-electron chi connectivity index (χ1n) is 7.01. The van der Waals surface area contributed by atoms with Gasteiger partial charge in [-0.3, -0.25) is 0 Å². The molecule has 4 nitrogen and oxygen atoms in total. The van der Waals surface area contributed by atoms with Crippen LogP contribution in [0.2, 0.25) is 0 Å². The van der Waals surface area contributed by atoms with Gasteiger partial charge in [0, 0.05) is 27.8 Å². The topological polar surface area (TPSA) is 63.8 Å². The number of nitrogen functional groups attached to an aromatic ring is 1. The van der Waals surface area contributed by atoms with Gasteiger partial charge in [-0.25, -0.2) is 9.97 Å². The lowest BCUT2D eigenvalue weighted by Gasteiger charge is -2.17. The Labute approximate surface area is 124 Å². The molecule has 0 aliphatic heterocycles. The second-order valence-corrected chi connectivity index (χ2v) is 6.47. The van der Waals surface area contributed by atoms with E-state index in [9.17, 15) is 0 Å². The van der Waals surface area contributed by atoms with Crippen molar-refractivity contribution in [3.05, 3.63) is 33.8 Å². The first-order chi connectivity index (χ1) is 9.60. The Morgan fingerprint density at radius 1 is 1.35 bits per heavy atom. The molecule has 0 saturated heterocycles. The molecule has 0 fully saturated rings. The summed E-state index contributed by atoms with van der Waals surface area (Å²) in [6.07, 6.45) is 4.46. The van der Waals surface area contributed by atoms with Gasteiger partial charge in [-0.05, 0) is 32.4 Å². The summed E-state index contributed by atoms with van der Waals surface area (Å²) >= 11 is 1.85. The van der Waals surface area contributed by atoms with Crippen LogP contribution in [0.25, 0.3) is 0 Å². The smallest absolute Gasteiger partial charge is 0.134 e. The van der Waals surface area contributed by atoms with Crippen LogP contribution < -0.4 is 11.1 Å². The number of aryl methyl sites for hydroxylation is 1. The van der Waals surface area contributed by atoms with Crippen molar-refractivity contribution in [2.45, 2.75) is 46.1 Å². The van der Waals surface area contributed by atoms with Crippen molar-refractivity contribution in [1.82, 2.24) is 9.97 Å². The van der Waals surface area contributed by atoms with Crippen LogP contribution in [0, 0.1) is 6.92 Å². The molecule has 0 radical (unpaired) electrons. The Kier molecular flexibility index (Phi) is 4.95. The highest BCUT2D eigenvalue weighted by Gasteiger charge is 2.12. The highest BCUT2D eigenvalue weighted by Crippen LogP contribution is 2.22. The van der Waals surface area contributed by atoms with Gasteiger partial charge in [-0.1, -0.05) is 13.3 Å². The van der Waals surface area contributed by atoms with Crippen LogP contribution in [-0.2, 0) is 12.8 Å². The molecule has 0 bridgehead atoms. The van der Waals surface area contributed by atoms with E-state index in [0.29, 0.717) is 11.9 Å².